The third-order valence-electron chi connectivity index (χ3n) is 4.72. The van der Waals surface area contributed by atoms with Gasteiger partial charge in [-0.3, -0.25) is 0 Å². The molecule has 4 heteroatoms. The highest BCUT2D eigenvalue weighted by Crippen LogP contribution is 2.34. The highest BCUT2D eigenvalue weighted by atomic mass is 16.5. The fraction of sp³-hybridized carbons (Fsp3) is 0.250. The lowest BCUT2D eigenvalue weighted by molar-refractivity contribution is 0.347. The molecule has 0 radical (unpaired) electrons. The molecule has 0 aliphatic carbocycles. The van der Waals surface area contributed by atoms with E-state index < -0.39 is 0 Å². The van der Waals surface area contributed by atoms with E-state index in [9.17, 15) is 0 Å². The predicted molar refractivity (Wildman–Crippen MR) is 113 cm³/mol. The summed E-state index contributed by atoms with van der Waals surface area (Å²) in [4.78, 5) is 0. The van der Waals surface area contributed by atoms with Crippen molar-refractivity contribution < 1.29 is 14.2 Å². The van der Waals surface area contributed by atoms with Gasteiger partial charge < -0.3 is 19.5 Å². The molecule has 146 valence electrons. The molecule has 0 heterocycles. The van der Waals surface area contributed by atoms with E-state index in [0.29, 0.717) is 11.5 Å². The first-order valence-electron chi connectivity index (χ1n) is 9.39. The molecule has 3 aromatic rings. The molecule has 0 spiro atoms. The van der Waals surface area contributed by atoms with Gasteiger partial charge in [0, 0.05) is 12.6 Å². The maximum atomic E-state index is 5.50. The van der Waals surface area contributed by atoms with Crippen molar-refractivity contribution in [3.8, 4) is 28.4 Å². The lowest BCUT2D eigenvalue weighted by Gasteiger charge is -2.14. The Labute approximate surface area is 167 Å². The van der Waals surface area contributed by atoms with Gasteiger partial charge in [0.2, 0.25) is 0 Å². The summed E-state index contributed by atoms with van der Waals surface area (Å²) >= 11 is 0. The molecule has 28 heavy (non-hydrogen) atoms. The summed E-state index contributed by atoms with van der Waals surface area (Å²) in [5.41, 5.74) is 4.83. The molecule has 1 N–H and O–H groups in total. The second-order valence-electron chi connectivity index (χ2n) is 6.51. The van der Waals surface area contributed by atoms with Crippen LogP contribution in [0.1, 0.15) is 11.1 Å². The van der Waals surface area contributed by atoms with Gasteiger partial charge in [0.1, 0.15) is 5.75 Å². The van der Waals surface area contributed by atoms with Gasteiger partial charge in [-0.15, -0.1) is 0 Å². The Hall–Kier alpha value is -2.98. The predicted octanol–water partition coefficient (Wildman–Crippen LogP) is 4.71. The molecule has 3 aromatic carbocycles. The fourth-order valence-electron chi connectivity index (χ4n) is 3.24. The number of methoxy groups -OCH3 is 3. The van der Waals surface area contributed by atoms with Gasteiger partial charge >= 0.3 is 0 Å². The van der Waals surface area contributed by atoms with Crippen molar-refractivity contribution in [2.45, 2.75) is 13.0 Å². The van der Waals surface area contributed by atoms with E-state index in [1.54, 1.807) is 21.3 Å². The molecule has 0 amide bonds. The van der Waals surface area contributed by atoms with Gasteiger partial charge in [-0.25, -0.2) is 0 Å². The number of ether oxygens (including phenoxy) is 3. The summed E-state index contributed by atoms with van der Waals surface area (Å²) in [6.07, 6.45) is 0.835. The molecule has 0 saturated carbocycles. The molecule has 0 saturated heterocycles. The Morgan fingerprint density at radius 2 is 1.36 bits per heavy atom. The summed E-state index contributed by atoms with van der Waals surface area (Å²) in [5.74, 6) is 2.20. The van der Waals surface area contributed by atoms with Crippen LogP contribution in [0, 0.1) is 0 Å². The molecular weight excluding hydrogens is 350 g/mol. The number of benzene rings is 3. The second kappa shape index (κ2) is 9.81. The number of hydrogen-bond acceptors (Lipinski definition) is 4. The van der Waals surface area contributed by atoms with Crippen molar-refractivity contribution in [2.75, 3.05) is 27.9 Å². The molecule has 0 atom stereocenters. The Kier molecular flexibility index (Phi) is 6.93. The van der Waals surface area contributed by atoms with Crippen molar-refractivity contribution in [2.24, 2.45) is 0 Å². The third kappa shape index (κ3) is 4.84. The van der Waals surface area contributed by atoms with Crippen LogP contribution in [0.5, 0.6) is 17.2 Å². The topological polar surface area (TPSA) is 39.7 Å². The van der Waals surface area contributed by atoms with Crippen LogP contribution in [0.4, 0.5) is 0 Å². The summed E-state index contributed by atoms with van der Waals surface area (Å²) in [6, 6.07) is 22.9. The van der Waals surface area contributed by atoms with Gasteiger partial charge in [-0.2, -0.15) is 0 Å². The van der Waals surface area contributed by atoms with Gasteiger partial charge in [0.25, 0.3) is 0 Å². The average molecular weight is 377 g/mol. The second-order valence-corrected chi connectivity index (χ2v) is 6.51. The van der Waals surface area contributed by atoms with Crippen LogP contribution in [0.25, 0.3) is 11.1 Å². The van der Waals surface area contributed by atoms with Gasteiger partial charge in [0.15, 0.2) is 11.5 Å². The zero-order valence-corrected chi connectivity index (χ0v) is 16.7. The van der Waals surface area contributed by atoms with E-state index in [1.165, 1.54) is 16.7 Å². The standard InChI is InChI=1S/C24H27NO3/c1-26-22-16-24(28-3)23(27-2)15-21(22)12-13-25-17-18-8-7-11-20(14-18)19-9-5-4-6-10-19/h4-11,14-16,25H,12-13,17H2,1-3H3. The summed E-state index contributed by atoms with van der Waals surface area (Å²) in [7, 11) is 4.95. The maximum absolute atomic E-state index is 5.50. The Bertz CT molecular complexity index is 894. The van der Waals surface area contributed by atoms with E-state index in [0.717, 1.165) is 30.8 Å². The first-order chi connectivity index (χ1) is 13.7. The number of nitrogens with one attached hydrogen (secondary N) is 1. The van der Waals surface area contributed by atoms with Gasteiger partial charge in [-0.1, -0.05) is 48.5 Å². The normalized spacial score (nSPS) is 10.5. The molecule has 3 rings (SSSR count). The lowest BCUT2D eigenvalue weighted by Crippen LogP contribution is -2.17. The lowest BCUT2D eigenvalue weighted by atomic mass is 10.0. The molecule has 4 nitrogen and oxygen atoms in total. The summed E-state index contributed by atoms with van der Waals surface area (Å²) in [5, 5.41) is 3.52. The maximum Gasteiger partial charge on any atom is 0.164 e. The first-order valence-corrected chi connectivity index (χ1v) is 9.39. The largest absolute Gasteiger partial charge is 0.496 e. The van der Waals surface area contributed by atoms with Crippen LogP contribution >= 0.6 is 0 Å². The van der Waals surface area contributed by atoms with Crippen molar-refractivity contribution >= 4 is 0 Å². The van der Waals surface area contributed by atoms with E-state index >= 15 is 0 Å². The van der Waals surface area contributed by atoms with Crippen LogP contribution in [0.2, 0.25) is 0 Å². The van der Waals surface area contributed by atoms with E-state index in [1.807, 2.05) is 18.2 Å². The smallest absolute Gasteiger partial charge is 0.164 e. The van der Waals surface area contributed by atoms with Crippen molar-refractivity contribution in [1.82, 2.24) is 5.32 Å². The van der Waals surface area contributed by atoms with Gasteiger partial charge in [-0.05, 0) is 47.4 Å². The van der Waals surface area contributed by atoms with Crippen molar-refractivity contribution in [3.05, 3.63) is 77.9 Å². The average Bonchev–Trinajstić information content (AvgIpc) is 2.77. The quantitative estimate of drug-likeness (QED) is 0.548. The zero-order valence-electron chi connectivity index (χ0n) is 16.7. The van der Waals surface area contributed by atoms with Crippen LogP contribution in [-0.4, -0.2) is 27.9 Å². The monoisotopic (exact) mass is 377 g/mol. The highest BCUT2D eigenvalue weighted by molar-refractivity contribution is 5.63. The molecule has 0 aliphatic rings. The zero-order chi connectivity index (χ0) is 19.8. The molecule has 0 aliphatic heterocycles. The third-order valence-corrected chi connectivity index (χ3v) is 4.72. The molecule has 0 aromatic heterocycles. The minimum absolute atomic E-state index is 0.675. The summed E-state index contributed by atoms with van der Waals surface area (Å²) < 4.78 is 16.3. The Balaban J connectivity index is 1.61. The van der Waals surface area contributed by atoms with Crippen molar-refractivity contribution in [3.63, 3.8) is 0 Å². The Morgan fingerprint density at radius 3 is 2.07 bits per heavy atom. The van der Waals surface area contributed by atoms with E-state index in [4.69, 9.17) is 14.2 Å². The molecule has 0 fully saturated rings. The molecule has 0 unspecified atom stereocenters. The Morgan fingerprint density at radius 1 is 0.679 bits per heavy atom. The van der Waals surface area contributed by atoms with E-state index in [-0.39, 0.29) is 0 Å². The van der Waals surface area contributed by atoms with Crippen LogP contribution < -0.4 is 19.5 Å². The van der Waals surface area contributed by atoms with Crippen LogP contribution in [0.3, 0.4) is 0 Å². The highest BCUT2D eigenvalue weighted by Gasteiger charge is 2.11. The minimum Gasteiger partial charge on any atom is -0.496 e. The molecule has 0 bridgehead atoms. The number of rotatable bonds is 9. The van der Waals surface area contributed by atoms with Crippen LogP contribution in [-0.2, 0) is 13.0 Å². The van der Waals surface area contributed by atoms with E-state index in [2.05, 4.69) is 53.8 Å². The van der Waals surface area contributed by atoms with Crippen LogP contribution in [0.15, 0.2) is 66.7 Å². The van der Waals surface area contributed by atoms with Crippen molar-refractivity contribution in [1.29, 1.82) is 0 Å². The first kappa shape index (κ1) is 19.8. The number of hydrogen-bond donors (Lipinski definition) is 1. The fourth-order valence-corrected chi connectivity index (χ4v) is 3.24. The SMILES string of the molecule is COc1cc(OC)c(OC)cc1CCNCc1cccc(-c2ccccc2)c1. The summed E-state index contributed by atoms with van der Waals surface area (Å²) in [6.45, 7) is 1.65. The minimum atomic E-state index is 0.675. The van der Waals surface area contributed by atoms with Gasteiger partial charge in [0.05, 0.1) is 21.3 Å². The molecular formula is C24H27NO3.